The standard InChI is InChI=1S/C22H34N2O6S/c1-6-29-20(27)18(23-15(2)19(25)26)14-31-13-17(12-16-10-8-7-9-11-16)24-21(28)30-22(3,4)5/h7-11,15,17-18,23H,6,12-14H2,1-5H3,(H,24,28)(H,25,26)/t15?,17-,18-/m0/s1. The van der Waals surface area contributed by atoms with E-state index >= 15 is 0 Å². The quantitative estimate of drug-likeness (QED) is 0.413. The van der Waals surface area contributed by atoms with Crippen LogP contribution in [0.3, 0.4) is 0 Å². The summed E-state index contributed by atoms with van der Waals surface area (Å²) in [4.78, 5) is 35.7. The molecule has 0 spiro atoms. The highest BCUT2D eigenvalue weighted by molar-refractivity contribution is 7.99. The summed E-state index contributed by atoms with van der Waals surface area (Å²) in [5.41, 5.74) is 0.448. The first-order chi connectivity index (χ1) is 14.5. The third kappa shape index (κ3) is 11.6. The van der Waals surface area contributed by atoms with Crippen LogP contribution in [0.2, 0.25) is 0 Å². The molecule has 0 saturated heterocycles. The average Bonchev–Trinajstić information content (AvgIpc) is 2.66. The highest BCUT2D eigenvalue weighted by Crippen LogP contribution is 2.13. The van der Waals surface area contributed by atoms with Gasteiger partial charge in [0.15, 0.2) is 0 Å². The van der Waals surface area contributed by atoms with E-state index in [9.17, 15) is 14.4 Å². The van der Waals surface area contributed by atoms with Gasteiger partial charge in [-0.05, 0) is 46.6 Å². The van der Waals surface area contributed by atoms with Crippen LogP contribution in [0.1, 0.15) is 40.2 Å². The fourth-order valence-corrected chi connectivity index (χ4v) is 3.74. The number of hydrogen-bond donors (Lipinski definition) is 3. The van der Waals surface area contributed by atoms with Gasteiger partial charge in [0, 0.05) is 17.5 Å². The lowest BCUT2D eigenvalue weighted by Crippen LogP contribution is -2.48. The third-order valence-corrected chi connectivity index (χ3v) is 5.25. The van der Waals surface area contributed by atoms with Crippen molar-refractivity contribution in [1.82, 2.24) is 10.6 Å². The van der Waals surface area contributed by atoms with Gasteiger partial charge in [-0.15, -0.1) is 0 Å². The van der Waals surface area contributed by atoms with Gasteiger partial charge in [-0.1, -0.05) is 30.3 Å². The Balaban J connectivity index is 2.77. The Morgan fingerprint density at radius 2 is 1.77 bits per heavy atom. The number of benzene rings is 1. The number of aliphatic carboxylic acids is 1. The predicted octanol–water partition coefficient (Wildman–Crippen LogP) is 2.85. The van der Waals surface area contributed by atoms with Crippen molar-refractivity contribution in [3.63, 3.8) is 0 Å². The Morgan fingerprint density at radius 1 is 1.13 bits per heavy atom. The molecular formula is C22H34N2O6S. The molecule has 0 aliphatic heterocycles. The number of alkyl carbamates (subject to hydrolysis) is 1. The molecule has 174 valence electrons. The summed E-state index contributed by atoms with van der Waals surface area (Å²) in [6, 6.07) is 7.85. The van der Waals surface area contributed by atoms with Crippen molar-refractivity contribution in [2.75, 3.05) is 18.1 Å². The SMILES string of the molecule is CCOC(=O)[C@H](CSC[C@H](Cc1ccccc1)NC(=O)OC(C)(C)C)NC(C)C(=O)O. The fourth-order valence-electron chi connectivity index (χ4n) is 2.65. The van der Waals surface area contributed by atoms with E-state index in [-0.39, 0.29) is 12.6 Å². The van der Waals surface area contributed by atoms with Crippen LogP contribution in [-0.2, 0) is 25.5 Å². The smallest absolute Gasteiger partial charge is 0.407 e. The molecule has 1 rings (SSSR count). The van der Waals surface area contributed by atoms with E-state index in [1.807, 2.05) is 30.3 Å². The van der Waals surface area contributed by atoms with Crippen molar-refractivity contribution in [2.24, 2.45) is 0 Å². The van der Waals surface area contributed by atoms with Gasteiger partial charge in [-0.2, -0.15) is 11.8 Å². The average molecular weight is 455 g/mol. The zero-order valence-electron chi connectivity index (χ0n) is 18.8. The van der Waals surface area contributed by atoms with Gasteiger partial charge >= 0.3 is 18.0 Å². The maximum absolute atomic E-state index is 12.3. The molecule has 0 aliphatic carbocycles. The number of rotatable bonds is 12. The van der Waals surface area contributed by atoms with Crippen LogP contribution in [0.5, 0.6) is 0 Å². The normalized spacial score (nSPS) is 14.2. The molecule has 1 aromatic carbocycles. The minimum atomic E-state index is -1.05. The second kappa shape index (κ2) is 13.2. The van der Waals surface area contributed by atoms with Gasteiger partial charge in [0.05, 0.1) is 6.61 Å². The molecular weight excluding hydrogens is 420 g/mol. The van der Waals surface area contributed by atoms with Crippen LogP contribution in [0, 0.1) is 0 Å². The molecule has 3 atom stereocenters. The second-order valence-corrected chi connectivity index (χ2v) is 9.18. The minimum absolute atomic E-state index is 0.208. The highest BCUT2D eigenvalue weighted by atomic mass is 32.2. The number of amides is 1. The molecule has 9 heteroatoms. The van der Waals surface area contributed by atoms with Gasteiger partial charge in [0.1, 0.15) is 17.7 Å². The first-order valence-corrected chi connectivity index (χ1v) is 11.4. The number of nitrogens with one attached hydrogen (secondary N) is 2. The molecule has 1 amide bonds. The van der Waals surface area contributed by atoms with Crippen LogP contribution < -0.4 is 10.6 Å². The van der Waals surface area contributed by atoms with Gasteiger partial charge < -0.3 is 19.9 Å². The monoisotopic (exact) mass is 454 g/mol. The van der Waals surface area contributed by atoms with Crippen LogP contribution >= 0.6 is 11.8 Å². The van der Waals surface area contributed by atoms with E-state index in [0.29, 0.717) is 17.9 Å². The van der Waals surface area contributed by atoms with E-state index in [4.69, 9.17) is 14.6 Å². The Labute approximate surface area is 188 Å². The van der Waals surface area contributed by atoms with Crippen molar-refractivity contribution in [3.8, 4) is 0 Å². The lowest BCUT2D eigenvalue weighted by Gasteiger charge is -2.24. The summed E-state index contributed by atoms with van der Waals surface area (Å²) < 4.78 is 10.4. The highest BCUT2D eigenvalue weighted by Gasteiger charge is 2.26. The molecule has 1 unspecified atom stereocenters. The van der Waals surface area contributed by atoms with Crippen molar-refractivity contribution in [3.05, 3.63) is 35.9 Å². The molecule has 0 saturated carbocycles. The maximum atomic E-state index is 12.3. The summed E-state index contributed by atoms with van der Waals surface area (Å²) in [6.07, 6.45) is 0.0874. The van der Waals surface area contributed by atoms with E-state index in [0.717, 1.165) is 5.56 Å². The largest absolute Gasteiger partial charge is 0.480 e. The number of ether oxygens (including phenoxy) is 2. The fraction of sp³-hybridized carbons (Fsp3) is 0.591. The predicted molar refractivity (Wildman–Crippen MR) is 121 cm³/mol. The van der Waals surface area contributed by atoms with Gasteiger partial charge in [0.25, 0.3) is 0 Å². The van der Waals surface area contributed by atoms with Gasteiger partial charge in [-0.3, -0.25) is 14.9 Å². The second-order valence-electron chi connectivity index (χ2n) is 8.10. The number of hydrogen-bond acceptors (Lipinski definition) is 7. The summed E-state index contributed by atoms with van der Waals surface area (Å²) in [6.45, 7) is 8.77. The van der Waals surface area contributed by atoms with E-state index < -0.39 is 35.7 Å². The number of carboxylic acids is 1. The molecule has 0 aliphatic rings. The third-order valence-electron chi connectivity index (χ3n) is 4.04. The van der Waals surface area contributed by atoms with Gasteiger partial charge in [0.2, 0.25) is 0 Å². The first-order valence-electron chi connectivity index (χ1n) is 10.3. The number of carboxylic acid groups (broad SMARTS) is 1. The Morgan fingerprint density at radius 3 is 2.32 bits per heavy atom. The molecule has 3 N–H and O–H groups in total. The van der Waals surface area contributed by atoms with Gasteiger partial charge in [-0.25, -0.2) is 4.79 Å². The number of thioether (sulfide) groups is 1. The zero-order chi connectivity index (χ0) is 23.4. The van der Waals surface area contributed by atoms with Crippen LogP contribution in [-0.4, -0.2) is 65.0 Å². The lowest BCUT2D eigenvalue weighted by molar-refractivity contribution is -0.146. The van der Waals surface area contributed by atoms with E-state index in [1.54, 1.807) is 27.7 Å². The molecule has 1 aromatic rings. The summed E-state index contributed by atoms with van der Waals surface area (Å²) in [5.74, 6) is -0.735. The molecule has 0 fully saturated rings. The molecule has 8 nitrogen and oxygen atoms in total. The van der Waals surface area contributed by atoms with Crippen LogP contribution in [0.15, 0.2) is 30.3 Å². The Kier molecular flexibility index (Phi) is 11.4. The Hall–Kier alpha value is -2.26. The number of esters is 1. The van der Waals surface area contributed by atoms with Crippen molar-refractivity contribution >= 4 is 29.8 Å². The summed E-state index contributed by atoms with van der Waals surface area (Å²) in [5, 5.41) is 14.8. The lowest BCUT2D eigenvalue weighted by atomic mass is 10.1. The van der Waals surface area contributed by atoms with E-state index in [2.05, 4.69) is 10.6 Å². The topological polar surface area (TPSA) is 114 Å². The molecule has 0 bridgehead atoms. The van der Waals surface area contributed by atoms with Crippen molar-refractivity contribution < 1.29 is 29.0 Å². The van der Waals surface area contributed by atoms with Crippen molar-refractivity contribution in [2.45, 2.75) is 64.8 Å². The van der Waals surface area contributed by atoms with Crippen molar-refractivity contribution in [1.29, 1.82) is 0 Å². The molecule has 0 aromatic heterocycles. The summed E-state index contributed by atoms with van der Waals surface area (Å²) in [7, 11) is 0. The molecule has 0 heterocycles. The zero-order valence-corrected chi connectivity index (χ0v) is 19.7. The van der Waals surface area contributed by atoms with E-state index in [1.165, 1.54) is 18.7 Å². The number of carbonyl (C=O) groups is 3. The molecule has 31 heavy (non-hydrogen) atoms. The number of carbonyl (C=O) groups excluding carboxylic acids is 2. The molecule has 0 radical (unpaired) electrons. The van der Waals surface area contributed by atoms with Crippen LogP contribution in [0.4, 0.5) is 4.79 Å². The van der Waals surface area contributed by atoms with Crippen LogP contribution in [0.25, 0.3) is 0 Å². The Bertz CT molecular complexity index is 708. The summed E-state index contributed by atoms with van der Waals surface area (Å²) >= 11 is 1.43. The first kappa shape index (κ1) is 26.8. The maximum Gasteiger partial charge on any atom is 0.407 e. The minimum Gasteiger partial charge on any atom is -0.480 e.